The second kappa shape index (κ2) is 7.07. The molecule has 124 valence electrons. The van der Waals surface area contributed by atoms with E-state index in [-0.39, 0.29) is 6.61 Å². The van der Waals surface area contributed by atoms with Crippen LogP contribution in [0.3, 0.4) is 0 Å². The van der Waals surface area contributed by atoms with Crippen LogP contribution < -0.4 is 9.47 Å². The minimum atomic E-state index is -0.199. The molecule has 24 heavy (non-hydrogen) atoms. The van der Waals surface area contributed by atoms with Crippen LogP contribution in [0.4, 0.5) is 0 Å². The number of benzene rings is 2. The SMILES string of the molecule is COc1cc(OC)cc(-c2onc(-c3ccccc3Br)c2CO)c1. The van der Waals surface area contributed by atoms with Gasteiger partial charge in [0.15, 0.2) is 5.76 Å². The zero-order valence-corrected chi connectivity index (χ0v) is 14.8. The van der Waals surface area contributed by atoms with Crippen LogP contribution in [0, 0.1) is 0 Å². The number of aliphatic hydroxyl groups is 1. The van der Waals surface area contributed by atoms with Crippen molar-refractivity contribution in [1.29, 1.82) is 0 Å². The molecule has 0 saturated heterocycles. The first-order valence-electron chi connectivity index (χ1n) is 7.25. The molecule has 2 aromatic carbocycles. The van der Waals surface area contributed by atoms with Crippen molar-refractivity contribution in [3.8, 4) is 34.1 Å². The summed E-state index contributed by atoms with van der Waals surface area (Å²) in [7, 11) is 3.16. The van der Waals surface area contributed by atoms with Gasteiger partial charge in [-0.2, -0.15) is 0 Å². The van der Waals surface area contributed by atoms with Crippen LogP contribution in [-0.2, 0) is 6.61 Å². The smallest absolute Gasteiger partial charge is 0.173 e. The van der Waals surface area contributed by atoms with E-state index in [1.54, 1.807) is 20.3 Å². The Morgan fingerprint density at radius 1 is 1.08 bits per heavy atom. The molecular weight excluding hydrogens is 374 g/mol. The molecule has 0 fully saturated rings. The van der Waals surface area contributed by atoms with Gasteiger partial charge in [0.2, 0.25) is 0 Å². The van der Waals surface area contributed by atoms with E-state index in [2.05, 4.69) is 21.1 Å². The zero-order chi connectivity index (χ0) is 17.1. The van der Waals surface area contributed by atoms with E-state index in [0.29, 0.717) is 28.5 Å². The van der Waals surface area contributed by atoms with Crippen molar-refractivity contribution in [2.24, 2.45) is 0 Å². The number of halogens is 1. The Morgan fingerprint density at radius 3 is 2.33 bits per heavy atom. The summed E-state index contributed by atoms with van der Waals surface area (Å²) in [5.41, 5.74) is 2.78. The van der Waals surface area contributed by atoms with Crippen LogP contribution in [0.5, 0.6) is 11.5 Å². The molecule has 0 aliphatic carbocycles. The first kappa shape index (κ1) is 16.5. The van der Waals surface area contributed by atoms with Crippen LogP contribution in [0.1, 0.15) is 5.56 Å². The highest BCUT2D eigenvalue weighted by atomic mass is 79.9. The third kappa shape index (κ3) is 3.02. The fourth-order valence-electron chi connectivity index (χ4n) is 2.49. The minimum absolute atomic E-state index is 0.199. The van der Waals surface area contributed by atoms with Gasteiger partial charge in [-0.05, 0) is 18.2 Å². The molecule has 0 atom stereocenters. The Bertz CT molecular complexity index is 838. The average molecular weight is 390 g/mol. The Morgan fingerprint density at radius 2 is 1.75 bits per heavy atom. The number of aliphatic hydroxyl groups excluding tert-OH is 1. The zero-order valence-electron chi connectivity index (χ0n) is 13.2. The van der Waals surface area contributed by atoms with Crippen LogP contribution in [0.15, 0.2) is 51.5 Å². The van der Waals surface area contributed by atoms with E-state index in [1.807, 2.05) is 36.4 Å². The number of methoxy groups -OCH3 is 2. The Labute approximate surface area is 147 Å². The number of aromatic nitrogens is 1. The molecular formula is C18H16BrNO4. The van der Waals surface area contributed by atoms with Crippen LogP contribution >= 0.6 is 15.9 Å². The van der Waals surface area contributed by atoms with Gasteiger partial charge in [0.05, 0.1) is 26.4 Å². The van der Waals surface area contributed by atoms with Gasteiger partial charge in [-0.15, -0.1) is 0 Å². The van der Waals surface area contributed by atoms with E-state index in [4.69, 9.17) is 14.0 Å². The molecule has 6 heteroatoms. The largest absolute Gasteiger partial charge is 0.497 e. The topological polar surface area (TPSA) is 64.7 Å². The molecule has 0 radical (unpaired) electrons. The maximum Gasteiger partial charge on any atom is 0.173 e. The summed E-state index contributed by atoms with van der Waals surface area (Å²) in [6.07, 6.45) is 0. The first-order valence-corrected chi connectivity index (χ1v) is 8.05. The molecule has 0 spiro atoms. The third-order valence-corrected chi connectivity index (χ3v) is 4.38. The molecule has 0 unspecified atom stereocenters. The van der Waals surface area contributed by atoms with Crippen LogP contribution in [0.2, 0.25) is 0 Å². The normalized spacial score (nSPS) is 10.7. The maximum atomic E-state index is 9.88. The lowest BCUT2D eigenvalue weighted by Gasteiger charge is -2.08. The van der Waals surface area contributed by atoms with E-state index in [1.165, 1.54) is 0 Å². The maximum absolute atomic E-state index is 9.88. The van der Waals surface area contributed by atoms with Gasteiger partial charge in [-0.1, -0.05) is 39.3 Å². The van der Waals surface area contributed by atoms with Crippen molar-refractivity contribution in [1.82, 2.24) is 5.16 Å². The van der Waals surface area contributed by atoms with Crippen LogP contribution in [0.25, 0.3) is 22.6 Å². The lowest BCUT2D eigenvalue weighted by molar-refractivity contribution is 0.281. The highest BCUT2D eigenvalue weighted by Crippen LogP contribution is 2.37. The summed E-state index contributed by atoms with van der Waals surface area (Å²) in [5, 5.41) is 14.0. The summed E-state index contributed by atoms with van der Waals surface area (Å²) >= 11 is 3.50. The lowest BCUT2D eigenvalue weighted by Crippen LogP contribution is -1.92. The minimum Gasteiger partial charge on any atom is -0.497 e. The van der Waals surface area contributed by atoms with Crippen LogP contribution in [-0.4, -0.2) is 24.5 Å². The molecule has 3 rings (SSSR count). The fourth-order valence-corrected chi connectivity index (χ4v) is 2.96. The van der Waals surface area contributed by atoms with E-state index in [0.717, 1.165) is 15.6 Å². The van der Waals surface area contributed by atoms with Gasteiger partial charge in [-0.3, -0.25) is 0 Å². The predicted octanol–water partition coefficient (Wildman–Crippen LogP) is 4.28. The standard InChI is InChI=1S/C18H16BrNO4/c1-22-12-7-11(8-13(9-12)23-2)18-15(10-21)17(20-24-18)14-5-3-4-6-16(14)19/h3-9,21H,10H2,1-2H3. The summed E-state index contributed by atoms with van der Waals surface area (Å²) in [5.74, 6) is 1.75. The summed E-state index contributed by atoms with van der Waals surface area (Å²) in [6, 6.07) is 13.0. The molecule has 0 amide bonds. The summed E-state index contributed by atoms with van der Waals surface area (Å²) < 4.78 is 17.0. The molecule has 1 aromatic heterocycles. The van der Waals surface area contributed by atoms with Crippen molar-refractivity contribution >= 4 is 15.9 Å². The molecule has 1 N–H and O–H groups in total. The van der Waals surface area contributed by atoms with Gasteiger partial charge in [0.25, 0.3) is 0 Å². The molecule has 0 aliphatic heterocycles. The number of nitrogens with zero attached hydrogens (tertiary/aromatic N) is 1. The second-order valence-electron chi connectivity index (χ2n) is 5.08. The van der Waals surface area contributed by atoms with Crippen molar-refractivity contribution in [3.05, 3.63) is 52.5 Å². The number of hydrogen-bond acceptors (Lipinski definition) is 5. The Hall–Kier alpha value is -2.31. The van der Waals surface area contributed by atoms with Crippen molar-refractivity contribution in [2.75, 3.05) is 14.2 Å². The average Bonchev–Trinajstić information content (AvgIpc) is 3.05. The van der Waals surface area contributed by atoms with E-state index in [9.17, 15) is 5.11 Å². The highest BCUT2D eigenvalue weighted by Gasteiger charge is 2.20. The number of hydrogen-bond donors (Lipinski definition) is 1. The number of ether oxygens (including phenoxy) is 2. The first-order chi connectivity index (χ1) is 11.7. The molecule has 0 bridgehead atoms. The molecule has 0 aliphatic rings. The quantitative estimate of drug-likeness (QED) is 0.705. The van der Waals surface area contributed by atoms with Gasteiger partial charge in [0.1, 0.15) is 17.2 Å². The van der Waals surface area contributed by atoms with Gasteiger partial charge in [-0.25, -0.2) is 0 Å². The third-order valence-electron chi connectivity index (χ3n) is 3.69. The Balaban J connectivity index is 2.16. The fraction of sp³-hybridized carbons (Fsp3) is 0.167. The molecule has 5 nitrogen and oxygen atoms in total. The van der Waals surface area contributed by atoms with Gasteiger partial charge >= 0.3 is 0 Å². The summed E-state index contributed by atoms with van der Waals surface area (Å²) in [4.78, 5) is 0. The van der Waals surface area contributed by atoms with Crippen molar-refractivity contribution in [2.45, 2.75) is 6.61 Å². The second-order valence-corrected chi connectivity index (χ2v) is 5.93. The lowest BCUT2D eigenvalue weighted by atomic mass is 10.0. The number of rotatable bonds is 5. The van der Waals surface area contributed by atoms with E-state index < -0.39 is 0 Å². The predicted molar refractivity (Wildman–Crippen MR) is 94.1 cm³/mol. The van der Waals surface area contributed by atoms with Crippen molar-refractivity contribution in [3.63, 3.8) is 0 Å². The molecule has 0 saturated carbocycles. The molecule has 1 heterocycles. The van der Waals surface area contributed by atoms with Gasteiger partial charge in [0, 0.05) is 21.7 Å². The monoisotopic (exact) mass is 389 g/mol. The highest BCUT2D eigenvalue weighted by molar-refractivity contribution is 9.10. The molecule has 3 aromatic rings. The van der Waals surface area contributed by atoms with Gasteiger partial charge < -0.3 is 19.1 Å². The summed E-state index contributed by atoms with van der Waals surface area (Å²) in [6.45, 7) is -0.199. The van der Waals surface area contributed by atoms with E-state index >= 15 is 0 Å². The van der Waals surface area contributed by atoms with Crippen molar-refractivity contribution < 1.29 is 19.1 Å². The Kier molecular flexibility index (Phi) is 4.87.